The number of hydrogen-bond acceptors (Lipinski definition) is 6. The lowest BCUT2D eigenvalue weighted by atomic mass is 10.1. The standard InChI is InChI=1S/C24H26FN5O3/c1-32-19-6-3-17(4-7-19)15-26-24(31)30-11-9-29(10-12-30)23-14-21(27-16-28-23)20-13-18(25)5-8-22(20)33-2/h3-8,13-14,16H,9-12,15H2,1-2H3,(H,26,31). The maximum Gasteiger partial charge on any atom is 0.317 e. The Hall–Kier alpha value is -3.88. The van der Waals surface area contributed by atoms with Crippen LogP contribution in [0.5, 0.6) is 11.5 Å². The maximum atomic E-state index is 13.8. The Morgan fingerprint density at radius 2 is 1.76 bits per heavy atom. The number of rotatable bonds is 6. The summed E-state index contributed by atoms with van der Waals surface area (Å²) in [4.78, 5) is 25.1. The van der Waals surface area contributed by atoms with Crippen LogP contribution in [-0.4, -0.2) is 61.3 Å². The van der Waals surface area contributed by atoms with Crippen molar-refractivity contribution < 1.29 is 18.7 Å². The van der Waals surface area contributed by atoms with E-state index in [0.29, 0.717) is 49.7 Å². The number of urea groups is 1. The summed E-state index contributed by atoms with van der Waals surface area (Å²) in [7, 11) is 3.16. The van der Waals surface area contributed by atoms with Crippen molar-refractivity contribution in [1.29, 1.82) is 0 Å². The average Bonchev–Trinajstić information content (AvgIpc) is 2.87. The third kappa shape index (κ3) is 5.31. The molecule has 1 aliphatic rings. The van der Waals surface area contributed by atoms with Gasteiger partial charge >= 0.3 is 6.03 Å². The molecule has 4 rings (SSSR count). The largest absolute Gasteiger partial charge is 0.497 e. The van der Waals surface area contributed by atoms with E-state index in [4.69, 9.17) is 9.47 Å². The number of nitrogens with zero attached hydrogens (tertiary/aromatic N) is 4. The van der Waals surface area contributed by atoms with Crippen LogP contribution in [0.25, 0.3) is 11.3 Å². The molecule has 2 amide bonds. The normalized spacial score (nSPS) is 13.5. The van der Waals surface area contributed by atoms with Crippen LogP contribution in [-0.2, 0) is 6.54 Å². The Labute approximate surface area is 192 Å². The number of aromatic nitrogens is 2. The molecule has 1 aromatic heterocycles. The molecule has 0 spiro atoms. The Morgan fingerprint density at radius 3 is 2.45 bits per heavy atom. The highest BCUT2D eigenvalue weighted by Crippen LogP contribution is 2.30. The van der Waals surface area contributed by atoms with Gasteiger partial charge in [0.15, 0.2) is 0 Å². The fourth-order valence-corrected chi connectivity index (χ4v) is 3.72. The van der Waals surface area contributed by atoms with E-state index in [1.165, 1.54) is 25.6 Å². The zero-order valence-electron chi connectivity index (χ0n) is 18.6. The number of benzene rings is 2. The molecular weight excluding hydrogens is 425 g/mol. The van der Waals surface area contributed by atoms with E-state index < -0.39 is 0 Å². The number of carbonyl (C=O) groups is 1. The van der Waals surface area contributed by atoms with Gasteiger partial charge in [0.2, 0.25) is 0 Å². The van der Waals surface area contributed by atoms with Crippen LogP contribution in [0.15, 0.2) is 54.9 Å². The maximum absolute atomic E-state index is 13.8. The predicted octanol–water partition coefficient (Wildman–Crippen LogP) is 3.33. The van der Waals surface area contributed by atoms with E-state index in [0.717, 1.165) is 17.1 Å². The highest BCUT2D eigenvalue weighted by molar-refractivity contribution is 5.74. The molecule has 0 aliphatic carbocycles. The highest BCUT2D eigenvalue weighted by Gasteiger charge is 2.22. The summed E-state index contributed by atoms with van der Waals surface area (Å²) in [6, 6.07) is 13.6. The molecule has 1 saturated heterocycles. The second kappa shape index (κ2) is 10.2. The minimum Gasteiger partial charge on any atom is -0.497 e. The smallest absolute Gasteiger partial charge is 0.317 e. The number of nitrogens with one attached hydrogen (secondary N) is 1. The highest BCUT2D eigenvalue weighted by atomic mass is 19.1. The van der Waals surface area contributed by atoms with Crippen LogP contribution in [0.1, 0.15) is 5.56 Å². The van der Waals surface area contributed by atoms with E-state index in [-0.39, 0.29) is 11.8 Å². The van der Waals surface area contributed by atoms with Crippen molar-refractivity contribution in [1.82, 2.24) is 20.2 Å². The second-order valence-corrected chi connectivity index (χ2v) is 7.59. The molecule has 1 fully saturated rings. The van der Waals surface area contributed by atoms with Crippen molar-refractivity contribution in [3.63, 3.8) is 0 Å². The van der Waals surface area contributed by atoms with Crippen LogP contribution in [0.3, 0.4) is 0 Å². The van der Waals surface area contributed by atoms with Gasteiger partial charge in [0.05, 0.1) is 19.9 Å². The molecule has 0 saturated carbocycles. The van der Waals surface area contributed by atoms with Crippen molar-refractivity contribution in [2.45, 2.75) is 6.54 Å². The number of ether oxygens (including phenoxy) is 2. The third-order valence-electron chi connectivity index (χ3n) is 5.58. The second-order valence-electron chi connectivity index (χ2n) is 7.59. The number of methoxy groups -OCH3 is 2. The summed E-state index contributed by atoms with van der Waals surface area (Å²) in [5.74, 6) is 1.69. The minimum atomic E-state index is -0.361. The molecule has 1 aliphatic heterocycles. The summed E-state index contributed by atoms with van der Waals surface area (Å²) in [5.41, 5.74) is 2.15. The van der Waals surface area contributed by atoms with Crippen molar-refractivity contribution in [2.24, 2.45) is 0 Å². The van der Waals surface area contributed by atoms with Gasteiger partial charge in [-0.15, -0.1) is 0 Å². The lowest BCUT2D eigenvalue weighted by Gasteiger charge is -2.35. The SMILES string of the molecule is COc1ccc(CNC(=O)N2CCN(c3cc(-c4cc(F)ccc4OC)ncn3)CC2)cc1. The first-order valence-electron chi connectivity index (χ1n) is 10.6. The predicted molar refractivity (Wildman–Crippen MR) is 123 cm³/mol. The van der Waals surface area contributed by atoms with E-state index in [1.807, 2.05) is 30.3 Å². The molecule has 0 radical (unpaired) electrons. The van der Waals surface area contributed by atoms with E-state index in [9.17, 15) is 9.18 Å². The van der Waals surface area contributed by atoms with Crippen molar-refractivity contribution in [3.05, 3.63) is 66.2 Å². The van der Waals surface area contributed by atoms with Gasteiger partial charge in [-0.3, -0.25) is 0 Å². The van der Waals surface area contributed by atoms with E-state index in [1.54, 1.807) is 18.1 Å². The van der Waals surface area contributed by atoms with Gasteiger partial charge in [0, 0.05) is 44.4 Å². The summed E-state index contributed by atoms with van der Waals surface area (Å²) in [6.45, 7) is 2.85. The summed E-state index contributed by atoms with van der Waals surface area (Å²) < 4.78 is 24.3. The Balaban J connectivity index is 1.35. The van der Waals surface area contributed by atoms with E-state index in [2.05, 4.69) is 20.2 Å². The molecule has 1 N–H and O–H groups in total. The van der Waals surface area contributed by atoms with Gasteiger partial charge < -0.3 is 24.6 Å². The first kappa shape index (κ1) is 22.3. The lowest BCUT2D eigenvalue weighted by Crippen LogP contribution is -2.51. The molecule has 9 heteroatoms. The van der Waals surface area contributed by atoms with Crippen molar-refractivity contribution in [2.75, 3.05) is 45.3 Å². The molecule has 0 atom stereocenters. The number of halogens is 1. The number of hydrogen-bond donors (Lipinski definition) is 1. The lowest BCUT2D eigenvalue weighted by molar-refractivity contribution is 0.194. The topological polar surface area (TPSA) is 79.8 Å². The van der Waals surface area contributed by atoms with Gasteiger partial charge in [-0.05, 0) is 35.9 Å². The summed E-state index contributed by atoms with van der Waals surface area (Å²) in [6.07, 6.45) is 1.46. The Morgan fingerprint density at radius 1 is 1.00 bits per heavy atom. The number of amides is 2. The Kier molecular flexibility index (Phi) is 6.87. The van der Waals surface area contributed by atoms with Crippen LogP contribution in [0.4, 0.5) is 15.0 Å². The van der Waals surface area contributed by atoms with Gasteiger partial charge in [-0.25, -0.2) is 19.2 Å². The molecule has 33 heavy (non-hydrogen) atoms. The molecule has 0 unspecified atom stereocenters. The number of carbonyl (C=O) groups excluding carboxylic acids is 1. The summed E-state index contributed by atoms with van der Waals surface area (Å²) in [5, 5.41) is 2.96. The fraction of sp³-hybridized carbons (Fsp3) is 0.292. The van der Waals surface area contributed by atoms with Gasteiger partial charge in [0.1, 0.15) is 29.5 Å². The van der Waals surface area contributed by atoms with Gasteiger partial charge in [-0.1, -0.05) is 12.1 Å². The van der Waals surface area contributed by atoms with Crippen LogP contribution < -0.4 is 19.7 Å². The number of piperazine rings is 1. The zero-order chi connectivity index (χ0) is 23.2. The van der Waals surface area contributed by atoms with Crippen molar-refractivity contribution >= 4 is 11.8 Å². The average molecular weight is 452 g/mol. The van der Waals surface area contributed by atoms with Crippen LogP contribution in [0, 0.1) is 5.82 Å². The Bertz CT molecular complexity index is 1100. The van der Waals surface area contributed by atoms with Crippen LogP contribution in [0.2, 0.25) is 0 Å². The van der Waals surface area contributed by atoms with Crippen LogP contribution >= 0.6 is 0 Å². The molecule has 172 valence electrons. The molecule has 0 bridgehead atoms. The fourth-order valence-electron chi connectivity index (χ4n) is 3.72. The molecular formula is C24H26FN5O3. The molecule has 8 nitrogen and oxygen atoms in total. The third-order valence-corrected chi connectivity index (χ3v) is 5.58. The quantitative estimate of drug-likeness (QED) is 0.619. The summed E-state index contributed by atoms with van der Waals surface area (Å²) >= 11 is 0. The first-order chi connectivity index (χ1) is 16.1. The van der Waals surface area contributed by atoms with Gasteiger partial charge in [0.25, 0.3) is 0 Å². The molecule has 2 heterocycles. The molecule has 3 aromatic rings. The monoisotopic (exact) mass is 451 g/mol. The first-order valence-corrected chi connectivity index (χ1v) is 10.6. The minimum absolute atomic E-state index is 0.0988. The zero-order valence-corrected chi connectivity index (χ0v) is 18.6. The number of anilines is 1. The van der Waals surface area contributed by atoms with Crippen molar-refractivity contribution in [3.8, 4) is 22.8 Å². The molecule has 2 aromatic carbocycles. The van der Waals surface area contributed by atoms with Gasteiger partial charge in [-0.2, -0.15) is 0 Å². The van der Waals surface area contributed by atoms with E-state index >= 15 is 0 Å².